The molecule has 1 aromatic carbocycles. The molecule has 0 radical (unpaired) electrons. The molecule has 158 valence electrons. The number of carbonyl (C=O) groups excluding carboxylic acids is 3. The van der Waals surface area contributed by atoms with E-state index in [1.54, 1.807) is 25.1 Å². The lowest BCUT2D eigenvalue weighted by Crippen LogP contribution is -2.45. The third-order valence-corrected chi connectivity index (χ3v) is 5.34. The summed E-state index contributed by atoms with van der Waals surface area (Å²) in [5.74, 6) is 0.333. The highest BCUT2D eigenvalue weighted by Gasteiger charge is 2.49. The number of amides is 4. The van der Waals surface area contributed by atoms with Crippen molar-refractivity contribution in [2.24, 2.45) is 0 Å². The summed E-state index contributed by atoms with van der Waals surface area (Å²) in [6.45, 7) is 6.28. The van der Waals surface area contributed by atoms with Crippen molar-refractivity contribution >= 4 is 17.8 Å². The molecule has 2 N–H and O–H groups in total. The minimum absolute atomic E-state index is 0.000931. The van der Waals surface area contributed by atoms with Crippen LogP contribution in [0.15, 0.2) is 18.2 Å². The lowest BCUT2D eigenvalue weighted by Gasteiger charge is -2.25. The van der Waals surface area contributed by atoms with Crippen LogP contribution in [0.5, 0.6) is 11.5 Å². The molecule has 0 saturated carbocycles. The van der Waals surface area contributed by atoms with Crippen LogP contribution in [-0.4, -0.2) is 48.5 Å². The van der Waals surface area contributed by atoms with E-state index in [4.69, 9.17) is 9.47 Å². The van der Waals surface area contributed by atoms with Gasteiger partial charge in [0.15, 0.2) is 11.5 Å². The van der Waals surface area contributed by atoms with Crippen molar-refractivity contribution in [2.75, 3.05) is 19.8 Å². The lowest BCUT2D eigenvalue weighted by atomic mass is 9.91. The van der Waals surface area contributed by atoms with Gasteiger partial charge in [0, 0.05) is 6.04 Å². The fraction of sp³-hybridized carbons (Fsp3) is 0.571. The lowest BCUT2D eigenvalue weighted by molar-refractivity contribution is -0.135. The molecule has 29 heavy (non-hydrogen) atoms. The Morgan fingerprint density at radius 1 is 1.24 bits per heavy atom. The van der Waals surface area contributed by atoms with E-state index in [0.29, 0.717) is 30.3 Å². The highest BCUT2D eigenvalue weighted by molar-refractivity contribution is 6.09. The molecule has 2 atom stereocenters. The van der Waals surface area contributed by atoms with Crippen molar-refractivity contribution < 1.29 is 23.9 Å². The fourth-order valence-corrected chi connectivity index (χ4v) is 3.63. The Balaban J connectivity index is 1.66. The summed E-state index contributed by atoms with van der Waals surface area (Å²) >= 11 is 0. The second-order valence-corrected chi connectivity index (χ2v) is 7.77. The van der Waals surface area contributed by atoms with Crippen LogP contribution in [0.25, 0.3) is 0 Å². The van der Waals surface area contributed by atoms with Crippen LogP contribution in [0.1, 0.15) is 52.0 Å². The highest BCUT2D eigenvalue weighted by atomic mass is 16.6. The number of nitrogens with zero attached hydrogens (tertiary/aromatic N) is 1. The number of benzene rings is 1. The first-order chi connectivity index (χ1) is 13.8. The molecule has 0 aromatic heterocycles. The van der Waals surface area contributed by atoms with Gasteiger partial charge in [0.1, 0.15) is 25.3 Å². The van der Waals surface area contributed by atoms with Gasteiger partial charge in [-0.25, -0.2) is 4.79 Å². The number of hydrogen-bond acceptors (Lipinski definition) is 5. The maximum atomic E-state index is 13.0. The van der Waals surface area contributed by atoms with Crippen LogP contribution in [-0.2, 0) is 15.1 Å². The summed E-state index contributed by atoms with van der Waals surface area (Å²) in [5, 5.41) is 5.58. The summed E-state index contributed by atoms with van der Waals surface area (Å²) in [6, 6.07) is 4.57. The summed E-state index contributed by atoms with van der Waals surface area (Å²) < 4.78 is 11.1. The average Bonchev–Trinajstić information content (AvgIpc) is 2.91. The zero-order valence-electron chi connectivity index (χ0n) is 17.2. The second kappa shape index (κ2) is 8.71. The molecular formula is C21H29N3O5. The van der Waals surface area contributed by atoms with Gasteiger partial charge in [-0.05, 0) is 38.0 Å². The van der Waals surface area contributed by atoms with Crippen LogP contribution in [0.3, 0.4) is 0 Å². The first-order valence-electron chi connectivity index (χ1n) is 10.2. The molecule has 2 aliphatic heterocycles. The van der Waals surface area contributed by atoms with Gasteiger partial charge in [-0.1, -0.05) is 32.3 Å². The van der Waals surface area contributed by atoms with Crippen LogP contribution in [0.2, 0.25) is 0 Å². The summed E-state index contributed by atoms with van der Waals surface area (Å²) in [6.07, 6.45) is 4.13. The van der Waals surface area contributed by atoms with E-state index in [1.807, 2.05) is 6.92 Å². The van der Waals surface area contributed by atoms with Crippen molar-refractivity contribution in [2.45, 2.75) is 58.0 Å². The Kier molecular flexibility index (Phi) is 6.30. The minimum atomic E-state index is -1.26. The van der Waals surface area contributed by atoms with E-state index in [0.717, 1.165) is 30.6 Å². The number of unbranched alkanes of at least 4 members (excludes halogenated alkanes) is 2. The van der Waals surface area contributed by atoms with Crippen molar-refractivity contribution in [1.29, 1.82) is 0 Å². The number of urea groups is 1. The zero-order chi connectivity index (χ0) is 21.0. The molecule has 8 heteroatoms. The summed E-state index contributed by atoms with van der Waals surface area (Å²) in [4.78, 5) is 38.8. The standard InChI is InChI=1S/C21H29N3O5/c1-4-5-6-7-14(2)22-18(25)13-24-19(26)21(3,23-20(24)27)15-8-9-16-17(12-15)29-11-10-28-16/h8-9,12,14H,4-7,10-11,13H2,1-3H3,(H,22,25)(H,23,27)/t14-,21-/m1/s1. The van der Waals surface area contributed by atoms with E-state index in [9.17, 15) is 14.4 Å². The van der Waals surface area contributed by atoms with Gasteiger partial charge < -0.3 is 20.1 Å². The minimum Gasteiger partial charge on any atom is -0.486 e. The molecule has 0 bridgehead atoms. The number of ether oxygens (including phenoxy) is 2. The highest BCUT2D eigenvalue weighted by Crippen LogP contribution is 2.36. The van der Waals surface area contributed by atoms with Crippen molar-refractivity contribution in [3.05, 3.63) is 23.8 Å². The largest absolute Gasteiger partial charge is 0.486 e. The number of nitrogens with one attached hydrogen (secondary N) is 2. The maximum absolute atomic E-state index is 13.0. The molecule has 0 aliphatic carbocycles. The third-order valence-electron chi connectivity index (χ3n) is 5.34. The van der Waals surface area contributed by atoms with Crippen molar-refractivity contribution in [3.8, 4) is 11.5 Å². The Morgan fingerprint density at radius 3 is 2.69 bits per heavy atom. The SMILES string of the molecule is CCCCC[C@@H](C)NC(=O)CN1C(=O)N[C@](C)(c2ccc3c(c2)OCCO3)C1=O. The van der Waals surface area contributed by atoms with E-state index >= 15 is 0 Å². The quantitative estimate of drug-likeness (QED) is 0.513. The van der Waals surface area contributed by atoms with Crippen molar-refractivity contribution in [3.63, 3.8) is 0 Å². The van der Waals surface area contributed by atoms with Crippen LogP contribution >= 0.6 is 0 Å². The number of imide groups is 1. The first-order valence-corrected chi connectivity index (χ1v) is 10.2. The normalized spacial score (nSPS) is 21.7. The molecule has 8 nitrogen and oxygen atoms in total. The van der Waals surface area contributed by atoms with Gasteiger partial charge in [0.25, 0.3) is 5.91 Å². The van der Waals surface area contributed by atoms with E-state index < -0.39 is 17.5 Å². The summed E-state index contributed by atoms with van der Waals surface area (Å²) in [5.41, 5.74) is -0.684. The Labute approximate surface area is 170 Å². The van der Waals surface area contributed by atoms with E-state index in [-0.39, 0.29) is 18.5 Å². The molecule has 1 saturated heterocycles. The number of hydrogen-bond donors (Lipinski definition) is 2. The molecule has 1 fully saturated rings. The molecule has 2 heterocycles. The number of carbonyl (C=O) groups is 3. The Bertz CT molecular complexity index is 797. The van der Waals surface area contributed by atoms with Gasteiger partial charge in [0.2, 0.25) is 5.91 Å². The van der Waals surface area contributed by atoms with Crippen molar-refractivity contribution in [1.82, 2.24) is 15.5 Å². The van der Waals surface area contributed by atoms with E-state index in [2.05, 4.69) is 17.6 Å². The predicted octanol–water partition coefficient (Wildman–Crippen LogP) is 2.31. The maximum Gasteiger partial charge on any atom is 0.325 e. The monoisotopic (exact) mass is 403 g/mol. The van der Waals surface area contributed by atoms with Crippen LogP contribution in [0.4, 0.5) is 4.79 Å². The molecule has 3 rings (SSSR count). The second-order valence-electron chi connectivity index (χ2n) is 7.77. The van der Waals surface area contributed by atoms with E-state index in [1.165, 1.54) is 0 Å². The molecule has 4 amide bonds. The number of fused-ring (bicyclic) bond motifs is 1. The zero-order valence-corrected chi connectivity index (χ0v) is 17.2. The summed E-state index contributed by atoms with van der Waals surface area (Å²) in [7, 11) is 0. The fourth-order valence-electron chi connectivity index (χ4n) is 3.63. The van der Waals surface area contributed by atoms with Gasteiger partial charge in [-0.2, -0.15) is 0 Å². The molecule has 0 spiro atoms. The van der Waals surface area contributed by atoms with Crippen LogP contribution in [0, 0.1) is 0 Å². The Morgan fingerprint density at radius 2 is 1.97 bits per heavy atom. The average molecular weight is 403 g/mol. The number of rotatable bonds is 8. The van der Waals surface area contributed by atoms with Gasteiger partial charge in [0.05, 0.1) is 0 Å². The Hall–Kier alpha value is -2.77. The van der Waals surface area contributed by atoms with Gasteiger partial charge in [-0.3, -0.25) is 14.5 Å². The third kappa shape index (κ3) is 4.46. The predicted molar refractivity (Wildman–Crippen MR) is 107 cm³/mol. The van der Waals surface area contributed by atoms with Gasteiger partial charge >= 0.3 is 6.03 Å². The smallest absolute Gasteiger partial charge is 0.325 e. The van der Waals surface area contributed by atoms with Gasteiger partial charge in [-0.15, -0.1) is 0 Å². The van der Waals surface area contributed by atoms with Crippen LogP contribution < -0.4 is 20.1 Å². The molecule has 2 aliphatic rings. The molecule has 1 aromatic rings. The first kappa shape index (κ1) is 21.0. The molecule has 0 unspecified atom stereocenters. The molecular weight excluding hydrogens is 374 g/mol. The topological polar surface area (TPSA) is 97.0 Å².